The van der Waals surface area contributed by atoms with Gasteiger partial charge in [-0.1, -0.05) is 24.7 Å². The second-order valence-corrected chi connectivity index (χ2v) is 19.0. The van der Waals surface area contributed by atoms with E-state index in [2.05, 4.69) is 27.5 Å². The number of hydrogen-bond donors (Lipinski definition) is 3. The Morgan fingerprint density at radius 3 is 1.96 bits per heavy atom. The number of likely N-dealkylation sites (tertiary alicyclic amines) is 1. The van der Waals surface area contributed by atoms with Crippen molar-refractivity contribution in [1.29, 1.82) is 0 Å². The molecule has 0 aromatic carbocycles. The predicted molar refractivity (Wildman–Crippen MR) is 251 cm³/mol. The van der Waals surface area contributed by atoms with E-state index in [1.165, 1.54) is 0 Å². The maximum absolute atomic E-state index is 13.6. The van der Waals surface area contributed by atoms with Crippen LogP contribution in [0.1, 0.15) is 114 Å². The molecule has 1 radical (unpaired) electrons. The summed E-state index contributed by atoms with van der Waals surface area (Å²) >= 11 is 0. The minimum atomic E-state index is -1.32. The molecule has 3 N–H and O–H groups in total. The molecule has 0 spiro atoms. The predicted octanol–water partition coefficient (Wildman–Crippen LogP) is -2.15. The van der Waals surface area contributed by atoms with E-state index in [1.54, 1.807) is 45.0 Å². The molecule has 1 unspecified atom stereocenters. The number of nitrogens with zero attached hydrogens (tertiary/aromatic N) is 6. The quantitative estimate of drug-likeness (QED) is 0.0696. The fourth-order valence-electron chi connectivity index (χ4n) is 9.40. The molecule has 3 saturated heterocycles. The van der Waals surface area contributed by atoms with Crippen LogP contribution in [-0.2, 0) is 38.4 Å². The Labute approximate surface area is 450 Å². The number of hydrogen-bond acceptors (Lipinski definition) is 17. The van der Waals surface area contributed by atoms with Crippen LogP contribution in [0.5, 0.6) is 0 Å². The number of nitrogens with one attached hydrogen (secondary N) is 2. The monoisotopic (exact) mass is 1140 g/mol. The SMILES string of the molecule is CC(C(=O)NCC(=O)CCCCCCC#Cc1cncc([C@H](CC(=O)O)CC(=O)[C@@H]2CCCN(C(=O)CCC3CCNCC3)C2)c1)N1CCN(CC(=O)[O-])CCN(CC(=O)[O-])CCN(CC(=O)[O-])CC1.[Gd+3]. The maximum atomic E-state index is 13.6. The number of carboxylic acids is 4. The van der Waals surface area contributed by atoms with Crippen LogP contribution in [0.4, 0.5) is 0 Å². The molecule has 4 rings (SSSR count). The number of amides is 2. The molecule has 0 bridgehead atoms. The van der Waals surface area contributed by atoms with Crippen molar-refractivity contribution in [3.63, 3.8) is 0 Å². The van der Waals surface area contributed by atoms with Gasteiger partial charge in [-0.2, -0.15) is 0 Å². The summed E-state index contributed by atoms with van der Waals surface area (Å²) in [7, 11) is 0. The maximum Gasteiger partial charge on any atom is 3.00 e. The van der Waals surface area contributed by atoms with Crippen molar-refractivity contribution in [2.75, 3.05) is 105 Å². The number of carboxylic acid groups (broad SMARTS) is 4. The molecule has 1 aromatic rings. The third-order valence-corrected chi connectivity index (χ3v) is 13.6. The average molecular weight is 1140 g/mol. The van der Waals surface area contributed by atoms with Crippen LogP contribution < -0.4 is 26.0 Å². The van der Waals surface area contributed by atoms with E-state index in [-0.39, 0.29) is 141 Å². The summed E-state index contributed by atoms with van der Waals surface area (Å²) in [6.45, 7) is 4.80. The van der Waals surface area contributed by atoms with Crippen molar-refractivity contribution < 1.29 is 98.7 Å². The molecular formula is C50H73GdN8O12. The minimum Gasteiger partial charge on any atom is -0.549 e. The van der Waals surface area contributed by atoms with Gasteiger partial charge >= 0.3 is 45.9 Å². The fourth-order valence-corrected chi connectivity index (χ4v) is 9.40. The van der Waals surface area contributed by atoms with Crippen molar-refractivity contribution >= 4 is 47.3 Å². The molecule has 3 aliphatic rings. The van der Waals surface area contributed by atoms with Gasteiger partial charge in [0.2, 0.25) is 11.8 Å². The van der Waals surface area contributed by atoms with Gasteiger partial charge in [0.05, 0.1) is 36.9 Å². The van der Waals surface area contributed by atoms with Crippen molar-refractivity contribution in [2.24, 2.45) is 11.8 Å². The molecule has 0 saturated carbocycles. The number of ketones is 2. The van der Waals surface area contributed by atoms with Gasteiger partial charge < -0.3 is 50.3 Å². The number of unbranched alkanes of at least 4 members (excludes halogenated alkanes) is 4. The summed E-state index contributed by atoms with van der Waals surface area (Å²) in [5, 5.41) is 50.1. The smallest absolute Gasteiger partial charge is 0.549 e. The van der Waals surface area contributed by atoms with Crippen LogP contribution in [0.25, 0.3) is 0 Å². The first kappa shape index (κ1) is 61.3. The minimum absolute atomic E-state index is 0. The molecule has 1 aromatic heterocycles. The normalized spacial score (nSPS) is 19.1. The van der Waals surface area contributed by atoms with Crippen LogP contribution in [0.15, 0.2) is 18.5 Å². The summed E-state index contributed by atoms with van der Waals surface area (Å²) < 4.78 is 0. The zero-order valence-corrected chi connectivity index (χ0v) is 43.5. The van der Waals surface area contributed by atoms with Gasteiger partial charge in [0.25, 0.3) is 0 Å². The topological polar surface area (TPSA) is 279 Å². The van der Waals surface area contributed by atoms with Crippen LogP contribution in [0.3, 0.4) is 0 Å². The van der Waals surface area contributed by atoms with Gasteiger partial charge in [0.15, 0.2) is 5.78 Å². The van der Waals surface area contributed by atoms with E-state index < -0.39 is 61.4 Å². The summed E-state index contributed by atoms with van der Waals surface area (Å²) in [6.07, 6.45) is 11.8. The first-order valence-corrected chi connectivity index (χ1v) is 25.0. The second kappa shape index (κ2) is 33.7. The fraction of sp³-hybridized carbons (Fsp3) is 0.700. The van der Waals surface area contributed by atoms with E-state index in [9.17, 15) is 58.8 Å². The molecule has 4 heterocycles. The number of aliphatic carboxylic acids is 4. The van der Waals surface area contributed by atoms with Crippen LogP contribution in [0.2, 0.25) is 0 Å². The summed E-state index contributed by atoms with van der Waals surface area (Å²) in [6, 6.07) is 1.05. The van der Waals surface area contributed by atoms with E-state index in [1.807, 2.05) is 4.90 Å². The molecular weight excluding hydrogens is 1060 g/mol. The van der Waals surface area contributed by atoms with Crippen molar-refractivity contribution in [3.05, 3.63) is 29.6 Å². The first-order chi connectivity index (χ1) is 33.6. The van der Waals surface area contributed by atoms with Gasteiger partial charge in [-0.3, -0.25) is 48.6 Å². The number of Topliss-reactive ketones (excluding diaryl/α,β-unsaturated/α-hetero) is 2. The average Bonchev–Trinajstić information content (AvgIpc) is 3.32. The Kier molecular flexibility index (Phi) is 29.1. The molecule has 21 heteroatoms. The second-order valence-electron chi connectivity index (χ2n) is 19.0. The summed E-state index contributed by atoms with van der Waals surface area (Å²) in [4.78, 5) is 112. The zero-order valence-electron chi connectivity index (χ0n) is 41.2. The van der Waals surface area contributed by atoms with Gasteiger partial charge in [-0.05, 0) is 82.5 Å². The zero-order chi connectivity index (χ0) is 50.8. The number of rotatable bonds is 25. The van der Waals surface area contributed by atoms with Crippen LogP contribution in [-0.4, -0.2) is 193 Å². The van der Waals surface area contributed by atoms with E-state index in [0.29, 0.717) is 55.8 Å². The number of piperidine rings is 2. The Hall–Kier alpha value is -4.01. The molecule has 2 amide bonds. The van der Waals surface area contributed by atoms with E-state index in [4.69, 9.17) is 0 Å². The number of carbonyl (C=O) groups is 8. The standard InChI is InChI=1S/C50H76N8O12.Gd/c1-37(57-25-23-55(35-48(66)67)21-19-54(34-47(64)65)20-22-56(24-26-57)36-49(68)69)50(70)53-32-43(59)11-7-5-3-2-4-6-9-39-27-42(31-52-30-39)41(29-46(62)63)28-44(60)40-10-8-18-58(33-40)45(61)13-12-38-14-16-51-17-15-38;/h27,30-31,37-38,40-41,51H,2-5,7-8,10-26,28-29,32-36H2,1H3,(H,53,70)(H,62,63)(H,64,65)(H,66,67)(H,68,69);/q;+3/p-3/t37?,40-,41+;/m1./s1. The molecule has 71 heavy (non-hydrogen) atoms. The molecule has 0 aliphatic carbocycles. The Morgan fingerprint density at radius 2 is 1.37 bits per heavy atom. The Balaban J connectivity index is 0.0000133. The Bertz CT molecular complexity index is 1940. The van der Waals surface area contributed by atoms with Crippen molar-refractivity contribution in [1.82, 2.24) is 40.1 Å². The van der Waals surface area contributed by atoms with Crippen molar-refractivity contribution in [3.8, 4) is 11.8 Å². The molecule has 3 aliphatic heterocycles. The third kappa shape index (κ3) is 24.5. The van der Waals surface area contributed by atoms with Crippen molar-refractivity contribution in [2.45, 2.75) is 109 Å². The Morgan fingerprint density at radius 1 is 0.775 bits per heavy atom. The molecule has 3 fully saturated rings. The number of carbonyl (C=O) groups excluding carboxylic acids is 7. The van der Waals surface area contributed by atoms with Crippen LogP contribution >= 0.6 is 0 Å². The summed E-state index contributed by atoms with van der Waals surface area (Å²) in [5.41, 5.74) is 1.25. The van der Waals surface area contributed by atoms with E-state index in [0.717, 1.165) is 58.0 Å². The van der Waals surface area contributed by atoms with Crippen LogP contribution in [0, 0.1) is 63.6 Å². The number of pyridine rings is 1. The van der Waals surface area contributed by atoms with Gasteiger partial charge in [0.1, 0.15) is 5.78 Å². The molecule has 3 atom stereocenters. The third-order valence-electron chi connectivity index (χ3n) is 13.6. The molecule has 20 nitrogen and oxygen atoms in total. The van der Waals surface area contributed by atoms with E-state index >= 15 is 0 Å². The first-order valence-electron chi connectivity index (χ1n) is 25.0. The van der Waals surface area contributed by atoms with Gasteiger partial charge in [-0.15, -0.1) is 0 Å². The number of aromatic nitrogens is 1. The molecule has 393 valence electrons. The summed E-state index contributed by atoms with van der Waals surface area (Å²) in [5.74, 6) is 0.441. The largest absolute Gasteiger partial charge is 3.00 e. The van der Waals surface area contributed by atoms with Gasteiger partial charge in [0, 0.05) is 141 Å². The van der Waals surface area contributed by atoms with Gasteiger partial charge in [-0.25, -0.2) is 0 Å².